The van der Waals surface area contributed by atoms with Crippen molar-refractivity contribution in [2.24, 2.45) is 0 Å². The van der Waals surface area contributed by atoms with Crippen LogP contribution in [0.25, 0.3) is 21.5 Å². The van der Waals surface area contributed by atoms with Crippen LogP contribution in [0.15, 0.2) is 41.8 Å². The van der Waals surface area contributed by atoms with E-state index in [1.165, 1.54) is 0 Å². The quantitative estimate of drug-likeness (QED) is 0.756. The van der Waals surface area contributed by atoms with Gasteiger partial charge in [0.25, 0.3) is 0 Å². The molecule has 0 radical (unpaired) electrons. The summed E-state index contributed by atoms with van der Waals surface area (Å²) in [6.07, 6.45) is 0. The fourth-order valence-electron chi connectivity index (χ4n) is 2.46. The van der Waals surface area contributed by atoms with Crippen LogP contribution in [0.3, 0.4) is 0 Å². The van der Waals surface area contributed by atoms with E-state index in [0.717, 1.165) is 21.7 Å². The summed E-state index contributed by atoms with van der Waals surface area (Å²) in [5, 5.41) is 12.2. The first-order valence-corrected chi connectivity index (χ1v) is 7.66. The number of aromatic carboxylic acids is 1. The lowest BCUT2D eigenvalue weighted by atomic mass is 9.97. The minimum absolute atomic E-state index is 0.293. The third kappa shape index (κ3) is 2.43. The summed E-state index contributed by atoms with van der Waals surface area (Å²) in [5.74, 6) is -0.623. The Bertz CT molecular complexity index is 807. The van der Waals surface area contributed by atoms with E-state index in [9.17, 15) is 9.90 Å². The van der Waals surface area contributed by atoms with E-state index in [4.69, 9.17) is 4.98 Å². The van der Waals surface area contributed by atoms with Gasteiger partial charge in [-0.1, -0.05) is 38.1 Å². The molecule has 4 heteroatoms. The minimum atomic E-state index is -0.916. The van der Waals surface area contributed by atoms with E-state index < -0.39 is 5.97 Å². The predicted octanol–water partition coefficient (Wildman–Crippen LogP) is 4.78. The Morgan fingerprint density at radius 2 is 2.05 bits per heavy atom. The van der Waals surface area contributed by atoms with Gasteiger partial charge < -0.3 is 5.11 Å². The number of para-hydroxylation sites is 1. The Hall–Kier alpha value is -2.20. The van der Waals surface area contributed by atoms with Crippen molar-refractivity contribution in [2.75, 3.05) is 0 Å². The zero-order valence-corrected chi connectivity index (χ0v) is 12.6. The molecule has 106 valence electrons. The molecule has 0 saturated heterocycles. The van der Waals surface area contributed by atoms with Crippen molar-refractivity contribution in [3.8, 4) is 10.6 Å². The number of benzene rings is 1. The molecule has 0 aliphatic carbocycles. The minimum Gasteiger partial charge on any atom is -0.478 e. The number of fused-ring (bicyclic) bond motifs is 1. The summed E-state index contributed by atoms with van der Waals surface area (Å²) < 4.78 is 0. The molecule has 21 heavy (non-hydrogen) atoms. The van der Waals surface area contributed by atoms with Gasteiger partial charge in [-0.05, 0) is 29.0 Å². The Balaban J connectivity index is 2.38. The number of aromatic nitrogens is 1. The van der Waals surface area contributed by atoms with Crippen LogP contribution >= 0.6 is 11.3 Å². The summed E-state index contributed by atoms with van der Waals surface area (Å²) in [4.78, 5) is 17.3. The van der Waals surface area contributed by atoms with Gasteiger partial charge in [0, 0.05) is 5.39 Å². The number of nitrogens with zero attached hydrogens (tertiary/aromatic N) is 1. The number of hydrogen-bond donors (Lipinski definition) is 1. The second kappa shape index (κ2) is 5.30. The predicted molar refractivity (Wildman–Crippen MR) is 86.1 cm³/mol. The van der Waals surface area contributed by atoms with Crippen molar-refractivity contribution in [3.05, 3.63) is 52.9 Å². The standard InChI is InChI=1S/C17H15NO2S/c1-10(2)11-5-3-6-12-13(17(19)20)9-14(18-16(11)12)15-7-4-8-21-15/h3-10H,1-2H3,(H,19,20). The molecule has 0 fully saturated rings. The first-order chi connectivity index (χ1) is 10.1. The van der Waals surface area contributed by atoms with Gasteiger partial charge in [-0.3, -0.25) is 0 Å². The van der Waals surface area contributed by atoms with Gasteiger partial charge in [0.05, 0.1) is 21.7 Å². The Morgan fingerprint density at radius 1 is 1.24 bits per heavy atom. The van der Waals surface area contributed by atoms with Gasteiger partial charge in [-0.25, -0.2) is 9.78 Å². The lowest BCUT2D eigenvalue weighted by Crippen LogP contribution is -2.02. The third-order valence-electron chi connectivity index (χ3n) is 3.50. The number of hydrogen-bond acceptors (Lipinski definition) is 3. The van der Waals surface area contributed by atoms with Crippen LogP contribution in [0.5, 0.6) is 0 Å². The number of carbonyl (C=O) groups is 1. The third-order valence-corrected chi connectivity index (χ3v) is 4.39. The van der Waals surface area contributed by atoms with E-state index >= 15 is 0 Å². The van der Waals surface area contributed by atoms with E-state index in [1.807, 2.05) is 35.7 Å². The molecule has 0 bridgehead atoms. The van der Waals surface area contributed by atoms with Crippen molar-refractivity contribution in [3.63, 3.8) is 0 Å². The zero-order chi connectivity index (χ0) is 15.0. The van der Waals surface area contributed by atoms with Gasteiger partial charge in [-0.2, -0.15) is 0 Å². The highest BCUT2D eigenvalue weighted by Gasteiger charge is 2.16. The number of pyridine rings is 1. The molecule has 0 aliphatic rings. The molecule has 2 heterocycles. The van der Waals surface area contributed by atoms with Crippen molar-refractivity contribution in [1.29, 1.82) is 0 Å². The van der Waals surface area contributed by atoms with Crippen molar-refractivity contribution in [1.82, 2.24) is 4.98 Å². The summed E-state index contributed by atoms with van der Waals surface area (Å²) in [6.45, 7) is 4.18. The molecule has 2 aromatic heterocycles. The largest absolute Gasteiger partial charge is 0.478 e. The Labute approximate surface area is 126 Å². The number of rotatable bonds is 3. The fraction of sp³-hybridized carbons (Fsp3) is 0.176. The molecule has 3 rings (SSSR count). The number of thiophene rings is 1. The topological polar surface area (TPSA) is 50.2 Å². The summed E-state index contributed by atoms with van der Waals surface area (Å²) in [5.41, 5.74) is 2.90. The average molecular weight is 297 g/mol. The first-order valence-electron chi connectivity index (χ1n) is 6.78. The van der Waals surface area contributed by atoms with Gasteiger partial charge in [0.1, 0.15) is 0 Å². The van der Waals surface area contributed by atoms with E-state index in [0.29, 0.717) is 16.9 Å². The highest BCUT2D eigenvalue weighted by Crippen LogP contribution is 2.31. The average Bonchev–Trinajstić information content (AvgIpc) is 2.99. The summed E-state index contributed by atoms with van der Waals surface area (Å²) >= 11 is 1.56. The molecule has 0 aliphatic heterocycles. The summed E-state index contributed by atoms with van der Waals surface area (Å²) in [6, 6.07) is 11.3. The lowest BCUT2D eigenvalue weighted by Gasteiger charge is -2.12. The highest BCUT2D eigenvalue weighted by molar-refractivity contribution is 7.13. The van der Waals surface area contributed by atoms with Gasteiger partial charge >= 0.3 is 5.97 Å². The summed E-state index contributed by atoms with van der Waals surface area (Å²) in [7, 11) is 0. The molecule has 0 atom stereocenters. The molecule has 3 nitrogen and oxygen atoms in total. The first kappa shape index (κ1) is 13.8. The molecule has 0 saturated carbocycles. The van der Waals surface area contributed by atoms with E-state index in [2.05, 4.69) is 13.8 Å². The molecule has 1 N–H and O–H groups in total. The maximum Gasteiger partial charge on any atom is 0.336 e. The fourth-order valence-corrected chi connectivity index (χ4v) is 3.15. The van der Waals surface area contributed by atoms with Crippen molar-refractivity contribution < 1.29 is 9.90 Å². The number of carboxylic acid groups (broad SMARTS) is 1. The molecule has 3 aromatic rings. The van der Waals surface area contributed by atoms with Crippen LogP contribution in [0, 0.1) is 0 Å². The van der Waals surface area contributed by atoms with Gasteiger partial charge in [0.2, 0.25) is 0 Å². The second-order valence-electron chi connectivity index (χ2n) is 5.24. The van der Waals surface area contributed by atoms with Crippen molar-refractivity contribution in [2.45, 2.75) is 19.8 Å². The Kier molecular flexibility index (Phi) is 3.47. The Morgan fingerprint density at radius 3 is 2.67 bits per heavy atom. The molecular weight excluding hydrogens is 282 g/mol. The normalized spacial score (nSPS) is 11.2. The zero-order valence-electron chi connectivity index (χ0n) is 11.8. The lowest BCUT2D eigenvalue weighted by molar-refractivity contribution is 0.0699. The smallest absolute Gasteiger partial charge is 0.336 e. The van der Waals surface area contributed by atoms with Gasteiger partial charge in [-0.15, -0.1) is 11.3 Å². The molecule has 0 amide bonds. The van der Waals surface area contributed by atoms with Crippen LogP contribution in [0.2, 0.25) is 0 Å². The maximum absolute atomic E-state index is 11.6. The van der Waals surface area contributed by atoms with Crippen LogP contribution < -0.4 is 0 Å². The van der Waals surface area contributed by atoms with E-state index in [1.54, 1.807) is 17.4 Å². The second-order valence-corrected chi connectivity index (χ2v) is 6.18. The highest BCUT2D eigenvalue weighted by atomic mass is 32.1. The molecule has 1 aromatic carbocycles. The maximum atomic E-state index is 11.6. The van der Waals surface area contributed by atoms with Crippen LogP contribution in [-0.4, -0.2) is 16.1 Å². The monoisotopic (exact) mass is 297 g/mol. The van der Waals surface area contributed by atoms with Crippen LogP contribution in [0.4, 0.5) is 0 Å². The molecule has 0 spiro atoms. The van der Waals surface area contributed by atoms with Crippen LogP contribution in [0.1, 0.15) is 35.7 Å². The SMILES string of the molecule is CC(C)c1cccc2c(C(=O)O)cc(-c3cccs3)nc12. The molecule has 0 unspecified atom stereocenters. The van der Waals surface area contributed by atoms with Crippen LogP contribution in [-0.2, 0) is 0 Å². The van der Waals surface area contributed by atoms with Crippen molar-refractivity contribution >= 4 is 28.2 Å². The van der Waals surface area contributed by atoms with Gasteiger partial charge in [0.15, 0.2) is 0 Å². The van der Waals surface area contributed by atoms with E-state index in [-0.39, 0.29) is 0 Å². The number of carboxylic acids is 1. The molecular formula is C17H15NO2S.